The number of hydrogen-bond acceptors (Lipinski definition) is 4. The molecule has 0 saturated heterocycles. The second kappa shape index (κ2) is 5.12. The monoisotopic (exact) mass is 361 g/mol. The van der Waals surface area contributed by atoms with Crippen LogP contribution in [0.2, 0.25) is 0 Å². The Hall–Kier alpha value is -3.25. The lowest BCUT2D eigenvalue weighted by Crippen LogP contribution is -2.35. The SMILES string of the molecule is O=C(O)Cn1c(=O)c2ccc3sc4ccccc4c4ccc(c1=O)c2c34. The first-order valence-electron chi connectivity index (χ1n) is 8.01. The molecular weight excluding hydrogens is 350 g/mol. The van der Waals surface area contributed by atoms with Gasteiger partial charge in [0.2, 0.25) is 0 Å². The van der Waals surface area contributed by atoms with Crippen molar-refractivity contribution < 1.29 is 9.90 Å². The van der Waals surface area contributed by atoms with E-state index in [4.69, 9.17) is 5.11 Å². The number of rotatable bonds is 2. The van der Waals surface area contributed by atoms with Crippen LogP contribution in [0.25, 0.3) is 41.7 Å². The van der Waals surface area contributed by atoms with Crippen molar-refractivity contribution in [1.82, 2.24) is 4.57 Å². The standard InChI is InChI=1S/C20H11NO4S/c22-16(23)9-21-19(24)12-6-5-11-10-3-1-2-4-14(10)26-15-8-7-13(20(21)25)17(12)18(11)15/h1-8H,9H2,(H,22,23). The number of benzene rings is 3. The van der Waals surface area contributed by atoms with Gasteiger partial charge in [-0.1, -0.05) is 24.3 Å². The third-order valence-corrected chi connectivity index (χ3v) is 5.90. The molecule has 0 atom stereocenters. The minimum Gasteiger partial charge on any atom is -0.480 e. The number of pyridine rings is 1. The third-order valence-electron chi connectivity index (χ3n) is 4.76. The fourth-order valence-electron chi connectivity index (χ4n) is 3.69. The molecule has 5 aromatic rings. The van der Waals surface area contributed by atoms with Crippen molar-refractivity contribution in [3.63, 3.8) is 0 Å². The van der Waals surface area contributed by atoms with E-state index in [1.165, 1.54) is 0 Å². The highest BCUT2D eigenvalue weighted by Crippen LogP contribution is 2.39. The fourth-order valence-corrected chi connectivity index (χ4v) is 4.81. The number of carboxylic acid groups (broad SMARTS) is 1. The molecule has 0 amide bonds. The average molecular weight is 361 g/mol. The summed E-state index contributed by atoms with van der Waals surface area (Å²) in [5.74, 6) is -1.22. The number of carbonyl (C=O) groups is 1. The van der Waals surface area contributed by atoms with Crippen LogP contribution in [0, 0.1) is 0 Å². The minimum absolute atomic E-state index is 0.376. The third kappa shape index (κ3) is 1.87. The highest BCUT2D eigenvalue weighted by atomic mass is 32.1. The van der Waals surface area contributed by atoms with Gasteiger partial charge in [-0.25, -0.2) is 0 Å². The number of hydrogen-bond donors (Lipinski definition) is 1. The van der Waals surface area contributed by atoms with E-state index in [1.807, 2.05) is 36.4 Å². The molecule has 1 N–H and O–H groups in total. The van der Waals surface area contributed by atoms with Gasteiger partial charge in [0.25, 0.3) is 11.1 Å². The van der Waals surface area contributed by atoms with Gasteiger partial charge in [-0.3, -0.25) is 19.0 Å². The van der Waals surface area contributed by atoms with Crippen molar-refractivity contribution >= 4 is 59.0 Å². The summed E-state index contributed by atoms with van der Waals surface area (Å²) in [6.45, 7) is -0.639. The number of aliphatic carboxylic acids is 1. The van der Waals surface area contributed by atoms with Crippen LogP contribution in [0.15, 0.2) is 58.1 Å². The van der Waals surface area contributed by atoms with Gasteiger partial charge in [0.15, 0.2) is 0 Å². The van der Waals surface area contributed by atoms with Crippen molar-refractivity contribution in [1.29, 1.82) is 0 Å². The van der Waals surface area contributed by atoms with Gasteiger partial charge in [-0.2, -0.15) is 0 Å². The quantitative estimate of drug-likeness (QED) is 0.386. The van der Waals surface area contributed by atoms with Crippen LogP contribution in [-0.4, -0.2) is 15.6 Å². The van der Waals surface area contributed by atoms with E-state index < -0.39 is 23.6 Å². The number of nitrogens with zero attached hydrogens (tertiary/aromatic N) is 1. The van der Waals surface area contributed by atoms with Crippen LogP contribution in [-0.2, 0) is 11.3 Å². The summed E-state index contributed by atoms with van der Waals surface area (Å²) in [4.78, 5) is 36.6. The lowest BCUT2D eigenvalue weighted by molar-refractivity contribution is -0.137. The summed E-state index contributed by atoms with van der Waals surface area (Å²) in [5.41, 5.74) is -1.12. The van der Waals surface area contributed by atoms with Crippen molar-refractivity contribution in [3.05, 3.63) is 69.2 Å². The Balaban J connectivity index is 2.09. The maximum atomic E-state index is 12.8. The Bertz CT molecular complexity index is 1450. The molecule has 6 heteroatoms. The summed E-state index contributed by atoms with van der Waals surface area (Å²) in [5, 5.41) is 13.4. The first-order valence-corrected chi connectivity index (χ1v) is 8.83. The maximum Gasteiger partial charge on any atom is 0.323 e. The average Bonchev–Trinajstić information content (AvgIpc) is 2.64. The second-order valence-corrected chi connectivity index (χ2v) is 7.29. The lowest BCUT2D eigenvalue weighted by Gasteiger charge is -2.13. The molecule has 3 aromatic carbocycles. The molecule has 0 unspecified atom stereocenters. The van der Waals surface area contributed by atoms with E-state index in [2.05, 4.69) is 0 Å². The van der Waals surface area contributed by atoms with Crippen molar-refractivity contribution in [2.24, 2.45) is 0 Å². The van der Waals surface area contributed by atoms with Gasteiger partial charge in [0, 0.05) is 30.9 Å². The zero-order valence-electron chi connectivity index (χ0n) is 13.4. The molecule has 5 rings (SSSR count). The van der Waals surface area contributed by atoms with E-state index >= 15 is 0 Å². The molecule has 5 nitrogen and oxygen atoms in total. The van der Waals surface area contributed by atoms with E-state index in [0.29, 0.717) is 16.2 Å². The Morgan fingerprint density at radius 2 is 1.46 bits per heavy atom. The summed E-state index contributed by atoms with van der Waals surface area (Å²) >= 11 is 1.61. The van der Waals surface area contributed by atoms with Gasteiger partial charge in [-0.15, -0.1) is 11.3 Å². The van der Waals surface area contributed by atoms with E-state index in [9.17, 15) is 14.4 Å². The summed E-state index contributed by atoms with van der Waals surface area (Å²) in [6.07, 6.45) is 0. The topological polar surface area (TPSA) is 76.4 Å². The second-order valence-electron chi connectivity index (χ2n) is 6.21. The van der Waals surface area contributed by atoms with Gasteiger partial charge < -0.3 is 5.11 Å². The highest BCUT2D eigenvalue weighted by molar-refractivity contribution is 7.25. The van der Waals surface area contributed by atoms with Crippen LogP contribution < -0.4 is 11.1 Å². The first kappa shape index (κ1) is 15.0. The molecule has 0 aliphatic rings. The Morgan fingerprint density at radius 1 is 0.808 bits per heavy atom. The number of aromatic nitrogens is 1. The minimum atomic E-state index is -1.22. The van der Waals surface area contributed by atoms with Crippen molar-refractivity contribution in [2.75, 3.05) is 0 Å². The predicted octanol–water partition coefficient (Wildman–Crippen LogP) is 3.41. The van der Waals surface area contributed by atoms with Crippen molar-refractivity contribution in [2.45, 2.75) is 6.54 Å². The zero-order chi connectivity index (χ0) is 18.0. The molecule has 0 saturated carbocycles. The van der Waals surface area contributed by atoms with Gasteiger partial charge >= 0.3 is 5.97 Å². The summed E-state index contributed by atoms with van der Waals surface area (Å²) < 4.78 is 2.92. The molecule has 126 valence electrons. The van der Waals surface area contributed by atoms with E-state index in [1.54, 1.807) is 23.5 Å². The fraction of sp³-hybridized carbons (Fsp3) is 0.0500. The lowest BCUT2D eigenvalue weighted by atomic mass is 9.98. The Labute approximate surface area is 149 Å². The summed E-state index contributed by atoms with van der Waals surface area (Å²) in [7, 11) is 0. The Morgan fingerprint density at radius 3 is 2.19 bits per heavy atom. The molecule has 0 fully saturated rings. The van der Waals surface area contributed by atoms with Crippen molar-refractivity contribution in [3.8, 4) is 0 Å². The Kier molecular flexibility index (Phi) is 2.96. The molecule has 26 heavy (non-hydrogen) atoms. The van der Waals surface area contributed by atoms with Crippen LogP contribution >= 0.6 is 11.3 Å². The molecule has 2 aromatic heterocycles. The first-order chi connectivity index (χ1) is 12.6. The van der Waals surface area contributed by atoms with Gasteiger partial charge in [0.05, 0.1) is 0 Å². The van der Waals surface area contributed by atoms with Crippen LogP contribution in [0.1, 0.15) is 0 Å². The molecule has 0 spiro atoms. The number of fused-ring (bicyclic) bond motifs is 2. The largest absolute Gasteiger partial charge is 0.480 e. The maximum absolute atomic E-state index is 12.8. The zero-order valence-corrected chi connectivity index (χ0v) is 14.2. The van der Waals surface area contributed by atoms with Gasteiger partial charge in [-0.05, 0) is 35.0 Å². The molecule has 2 heterocycles. The molecular formula is C20H11NO4S. The predicted molar refractivity (Wildman–Crippen MR) is 104 cm³/mol. The molecule has 0 aliphatic heterocycles. The van der Waals surface area contributed by atoms with E-state index in [-0.39, 0.29) is 0 Å². The van der Waals surface area contributed by atoms with Crippen LogP contribution in [0.5, 0.6) is 0 Å². The smallest absolute Gasteiger partial charge is 0.323 e. The number of carboxylic acids is 1. The summed E-state index contributed by atoms with van der Waals surface area (Å²) in [6, 6.07) is 15.2. The molecule has 0 bridgehead atoms. The molecule has 0 radical (unpaired) electrons. The molecule has 0 aliphatic carbocycles. The van der Waals surface area contributed by atoms with Crippen LogP contribution in [0.4, 0.5) is 0 Å². The van der Waals surface area contributed by atoms with Crippen LogP contribution in [0.3, 0.4) is 0 Å². The van der Waals surface area contributed by atoms with Gasteiger partial charge in [0.1, 0.15) is 6.54 Å². The highest BCUT2D eigenvalue weighted by Gasteiger charge is 2.18. The normalized spacial score (nSPS) is 11.8. The van der Waals surface area contributed by atoms with E-state index in [0.717, 1.165) is 30.1 Å².